The maximum atomic E-state index is 6.44. The van der Waals surface area contributed by atoms with Crippen molar-refractivity contribution in [3.63, 3.8) is 0 Å². The van der Waals surface area contributed by atoms with Gasteiger partial charge in [-0.15, -0.1) is 11.6 Å². The van der Waals surface area contributed by atoms with Crippen LogP contribution in [0.5, 0.6) is 0 Å². The van der Waals surface area contributed by atoms with E-state index in [1.54, 1.807) is 0 Å². The normalized spacial score (nSPS) is 53.5. The highest BCUT2D eigenvalue weighted by molar-refractivity contribution is 6.24. The van der Waals surface area contributed by atoms with E-state index in [4.69, 9.17) is 11.6 Å². The van der Waals surface area contributed by atoms with E-state index in [0.717, 1.165) is 11.8 Å². The Morgan fingerprint density at radius 3 is 2.18 bits per heavy atom. The van der Waals surface area contributed by atoms with Gasteiger partial charge in [-0.1, -0.05) is 13.8 Å². The van der Waals surface area contributed by atoms with Crippen LogP contribution in [-0.2, 0) is 0 Å². The largest absolute Gasteiger partial charge is 0.119 e. The van der Waals surface area contributed by atoms with Crippen LogP contribution < -0.4 is 0 Å². The van der Waals surface area contributed by atoms with Crippen LogP contribution in [0.25, 0.3) is 0 Å². The quantitative estimate of drug-likeness (QED) is 0.491. The van der Waals surface area contributed by atoms with Crippen LogP contribution in [0.4, 0.5) is 0 Å². The van der Waals surface area contributed by atoms with Crippen LogP contribution in [0.2, 0.25) is 0 Å². The number of fused-ring (bicyclic) bond motifs is 2. The molecule has 0 aromatic heterocycles. The van der Waals surface area contributed by atoms with Gasteiger partial charge >= 0.3 is 0 Å². The highest BCUT2D eigenvalue weighted by Gasteiger charge is 2.58. The molecule has 0 N–H and O–H groups in total. The van der Waals surface area contributed by atoms with Gasteiger partial charge in [-0.05, 0) is 43.4 Å². The summed E-state index contributed by atoms with van der Waals surface area (Å²) in [6.07, 6.45) is 3.96. The van der Waals surface area contributed by atoms with Gasteiger partial charge in [-0.25, -0.2) is 0 Å². The highest BCUT2D eigenvalue weighted by atomic mass is 35.5. The summed E-state index contributed by atoms with van der Waals surface area (Å²) in [5.41, 5.74) is 0.536. The summed E-state index contributed by atoms with van der Waals surface area (Å²) >= 11 is 6.44. The number of hydrogen-bond donors (Lipinski definition) is 0. The van der Waals surface area contributed by atoms with Crippen molar-refractivity contribution in [1.82, 2.24) is 0 Å². The second-order valence-corrected chi connectivity index (χ2v) is 5.99. The summed E-state index contributed by atoms with van der Waals surface area (Å²) in [5, 5.41) is 0. The first-order valence-electron chi connectivity index (χ1n) is 4.63. The zero-order chi connectivity index (χ0) is 8.28. The fourth-order valence-electron chi connectivity index (χ4n) is 3.16. The van der Waals surface area contributed by atoms with E-state index in [-0.39, 0.29) is 4.87 Å². The Morgan fingerprint density at radius 1 is 1.27 bits per heavy atom. The second-order valence-electron chi connectivity index (χ2n) is 5.12. The predicted molar refractivity (Wildman–Crippen MR) is 48.9 cm³/mol. The fourth-order valence-corrected chi connectivity index (χ4v) is 3.64. The van der Waals surface area contributed by atoms with Crippen molar-refractivity contribution < 1.29 is 0 Å². The second kappa shape index (κ2) is 1.96. The van der Waals surface area contributed by atoms with Gasteiger partial charge in [0.2, 0.25) is 0 Å². The molecular weight excluding hydrogens is 156 g/mol. The monoisotopic (exact) mass is 172 g/mol. The van der Waals surface area contributed by atoms with Gasteiger partial charge in [0, 0.05) is 4.87 Å². The van der Waals surface area contributed by atoms with Crippen LogP contribution in [0.1, 0.15) is 40.0 Å². The van der Waals surface area contributed by atoms with Gasteiger partial charge in [-0.2, -0.15) is 0 Å². The first kappa shape index (κ1) is 7.91. The molecule has 0 aliphatic heterocycles. The van der Waals surface area contributed by atoms with Gasteiger partial charge in [-0.3, -0.25) is 0 Å². The molecule has 0 saturated heterocycles. The Balaban J connectivity index is 2.23. The molecule has 3 atom stereocenters. The summed E-state index contributed by atoms with van der Waals surface area (Å²) < 4.78 is 0. The predicted octanol–water partition coefficient (Wildman–Crippen LogP) is 3.44. The van der Waals surface area contributed by atoms with Crippen molar-refractivity contribution in [2.75, 3.05) is 0 Å². The molecule has 0 radical (unpaired) electrons. The minimum absolute atomic E-state index is 0.109. The Labute approximate surface area is 74.3 Å². The lowest BCUT2D eigenvalue weighted by Gasteiger charge is -2.62. The Morgan fingerprint density at radius 2 is 1.91 bits per heavy atom. The van der Waals surface area contributed by atoms with Crippen molar-refractivity contribution in [3.05, 3.63) is 0 Å². The number of alkyl halides is 1. The minimum atomic E-state index is 0.109. The van der Waals surface area contributed by atoms with Gasteiger partial charge in [0.05, 0.1) is 0 Å². The zero-order valence-electron chi connectivity index (χ0n) is 7.65. The Hall–Kier alpha value is 0.290. The molecule has 3 aliphatic rings. The molecule has 3 fully saturated rings. The van der Waals surface area contributed by atoms with Crippen molar-refractivity contribution in [2.45, 2.75) is 44.9 Å². The van der Waals surface area contributed by atoms with E-state index < -0.39 is 0 Å². The van der Waals surface area contributed by atoms with E-state index in [1.807, 2.05) is 0 Å². The molecule has 3 unspecified atom stereocenters. The SMILES string of the molecule is CC1(Cl)CCC2CC1C2(C)C. The van der Waals surface area contributed by atoms with Crippen molar-refractivity contribution in [2.24, 2.45) is 17.3 Å². The number of hydrogen-bond acceptors (Lipinski definition) is 0. The lowest BCUT2D eigenvalue weighted by molar-refractivity contribution is -0.0875. The summed E-state index contributed by atoms with van der Waals surface area (Å²) in [5.74, 6) is 1.75. The molecule has 0 nitrogen and oxygen atoms in total. The molecule has 0 aromatic carbocycles. The Kier molecular flexibility index (Phi) is 1.41. The first-order chi connectivity index (χ1) is 4.94. The van der Waals surface area contributed by atoms with Gasteiger partial charge in [0.15, 0.2) is 0 Å². The van der Waals surface area contributed by atoms with E-state index in [1.165, 1.54) is 19.3 Å². The van der Waals surface area contributed by atoms with Crippen LogP contribution in [0, 0.1) is 17.3 Å². The molecule has 11 heavy (non-hydrogen) atoms. The number of rotatable bonds is 0. The minimum Gasteiger partial charge on any atom is -0.119 e. The zero-order valence-corrected chi connectivity index (χ0v) is 8.41. The van der Waals surface area contributed by atoms with Gasteiger partial charge in [0.1, 0.15) is 0 Å². The van der Waals surface area contributed by atoms with Crippen LogP contribution in [0.15, 0.2) is 0 Å². The lowest BCUT2D eigenvalue weighted by Crippen LogP contribution is -2.57. The molecule has 3 rings (SSSR count). The molecule has 2 bridgehead atoms. The van der Waals surface area contributed by atoms with Crippen LogP contribution >= 0.6 is 11.6 Å². The summed E-state index contributed by atoms with van der Waals surface area (Å²) in [6.45, 7) is 6.98. The third kappa shape index (κ3) is 0.884. The fraction of sp³-hybridized carbons (Fsp3) is 1.00. The third-order valence-corrected chi connectivity index (χ3v) is 4.63. The van der Waals surface area contributed by atoms with E-state index >= 15 is 0 Å². The first-order valence-corrected chi connectivity index (χ1v) is 5.01. The molecule has 0 amide bonds. The molecule has 1 heteroatoms. The Bertz CT molecular complexity index is 171. The van der Waals surface area contributed by atoms with Crippen LogP contribution in [0.3, 0.4) is 0 Å². The van der Waals surface area contributed by atoms with Crippen molar-refractivity contribution >= 4 is 11.6 Å². The molecule has 0 heterocycles. The standard InChI is InChI=1S/C10H17Cl/c1-9(2)7-4-5-10(3,11)8(9)6-7/h7-8H,4-6H2,1-3H3. The van der Waals surface area contributed by atoms with E-state index in [2.05, 4.69) is 20.8 Å². The molecular formula is C10H17Cl. The van der Waals surface area contributed by atoms with Crippen LogP contribution in [-0.4, -0.2) is 4.87 Å². The highest BCUT2D eigenvalue weighted by Crippen LogP contribution is 2.64. The van der Waals surface area contributed by atoms with Gasteiger partial charge < -0.3 is 0 Å². The average molecular weight is 173 g/mol. The smallest absolute Gasteiger partial charge is 0.0452 e. The van der Waals surface area contributed by atoms with E-state index in [0.29, 0.717) is 5.41 Å². The van der Waals surface area contributed by atoms with Crippen molar-refractivity contribution in [1.29, 1.82) is 0 Å². The molecule has 3 aliphatic carbocycles. The summed E-state index contributed by atoms with van der Waals surface area (Å²) in [4.78, 5) is 0.109. The number of halogens is 1. The van der Waals surface area contributed by atoms with E-state index in [9.17, 15) is 0 Å². The lowest BCUT2D eigenvalue weighted by atomic mass is 9.45. The summed E-state index contributed by atoms with van der Waals surface area (Å²) in [6, 6.07) is 0. The molecule has 0 spiro atoms. The maximum Gasteiger partial charge on any atom is 0.0452 e. The maximum absolute atomic E-state index is 6.44. The van der Waals surface area contributed by atoms with Crippen molar-refractivity contribution in [3.8, 4) is 0 Å². The third-order valence-electron chi connectivity index (χ3n) is 4.18. The molecule has 64 valence electrons. The molecule has 0 aromatic rings. The van der Waals surface area contributed by atoms with Gasteiger partial charge in [0.25, 0.3) is 0 Å². The topological polar surface area (TPSA) is 0 Å². The summed E-state index contributed by atoms with van der Waals surface area (Å²) in [7, 11) is 0. The molecule has 3 saturated carbocycles. The average Bonchev–Trinajstić information content (AvgIpc) is 1.84.